The lowest BCUT2D eigenvalue weighted by atomic mass is 10.1. The van der Waals surface area contributed by atoms with Crippen molar-refractivity contribution in [3.63, 3.8) is 0 Å². The maximum atomic E-state index is 10.9. The standard InChI is InChI=1S/C8H14N2O3/c1-2-5-13-7(11)4-3-6(9)8(10)12/h2,6H,1,3-5,9H2,(H2,10,12)/t6-/m0/s1. The highest BCUT2D eigenvalue weighted by atomic mass is 16.5. The Morgan fingerprint density at radius 1 is 1.54 bits per heavy atom. The molecule has 5 heteroatoms. The van der Waals surface area contributed by atoms with Crippen LogP contribution in [0.25, 0.3) is 0 Å². The molecule has 0 aliphatic carbocycles. The summed E-state index contributed by atoms with van der Waals surface area (Å²) in [5, 5.41) is 0. The van der Waals surface area contributed by atoms with Gasteiger partial charge in [0.2, 0.25) is 5.91 Å². The van der Waals surface area contributed by atoms with E-state index >= 15 is 0 Å². The minimum Gasteiger partial charge on any atom is -0.461 e. The first kappa shape index (κ1) is 11.6. The third-order valence-electron chi connectivity index (χ3n) is 1.39. The lowest BCUT2D eigenvalue weighted by Gasteiger charge is -2.05. The number of amides is 1. The van der Waals surface area contributed by atoms with Crippen molar-refractivity contribution in [1.29, 1.82) is 0 Å². The third-order valence-corrected chi connectivity index (χ3v) is 1.39. The van der Waals surface area contributed by atoms with Gasteiger partial charge in [0.25, 0.3) is 0 Å². The molecule has 0 unspecified atom stereocenters. The van der Waals surface area contributed by atoms with E-state index in [0.29, 0.717) is 0 Å². The van der Waals surface area contributed by atoms with E-state index in [0.717, 1.165) is 0 Å². The van der Waals surface area contributed by atoms with Crippen LogP contribution < -0.4 is 11.5 Å². The fourth-order valence-electron chi connectivity index (χ4n) is 0.640. The Morgan fingerprint density at radius 2 is 2.15 bits per heavy atom. The molecule has 0 saturated carbocycles. The number of primary amides is 1. The van der Waals surface area contributed by atoms with Crippen LogP contribution in [0.15, 0.2) is 12.7 Å². The Kier molecular flexibility index (Phi) is 5.54. The molecule has 13 heavy (non-hydrogen) atoms. The first-order valence-electron chi connectivity index (χ1n) is 3.89. The summed E-state index contributed by atoms with van der Waals surface area (Å²) in [7, 11) is 0. The van der Waals surface area contributed by atoms with Crippen molar-refractivity contribution in [3.05, 3.63) is 12.7 Å². The molecule has 0 fully saturated rings. The summed E-state index contributed by atoms with van der Waals surface area (Å²) in [6.07, 6.45) is 1.77. The number of nitrogens with two attached hydrogens (primary N) is 2. The average molecular weight is 186 g/mol. The molecule has 0 aromatic heterocycles. The minimum absolute atomic E-state index is 0.0952. The van der Waals surface area contributed by atoms with Crippen LogP contribution in [0.1, 0.15) is 12.8 Å². The highest BCUT2D eigenvalue weighted by molar-refractivity contribution is 5.80. The molecule has 1 amide bonds. The van der Waals surface area contributed by atoms with Crippen LogP contribution in [0.3, 0.4) is 0 Å². The maximum Gasteiger partial charge on any atom is 0.306 e. The summed E-state index contributed by atoms with van der Waals surface area (Å²) in [6.45, 7) is 3.55. The van der Waals surface area contributed by atoms with Gasteiger partial charge in [-0.25, -0.2) is 0 Å². The molecular formula is C8H14N2O3. The summed E-state index contributed by atoms with van der Waals surface area (Å²) < 4.78 is 4.66. The van der Waals surface area contributed by atoms with Crippen molar-refractivity contribution >= 4 is 11.9 Å². The van der Waals surface area contributed by atoms with Gasteiger partial charge in [-0.05, 0) is 6.42 Å². The van der Waals surface area contributed by atoms with E-state index in [1.807, 2.05) is 0 Å². The third kappa shape index (κ3) is 5.86. The quantitative estimate of drug-likeness (QED) is 0.424. The molecule has 0 aliphatic heterocycles. The van der Waals surface area contributed by atoms with E-state index in [9.17, 15) is 9.59 Å². The molecule has 0 spiro atoms. The smallest absolute Gasteiger partial charge is 0.306 e. The molecule has 0 rings (SSSR count). The number of carbonyl (C=O) groups excluding carboxylic acids is 2. The molecule has 0 aromatic carbocycles. The van der Waals surface area contributed by atoms with E-state index in [2.05, 4.69) is 11.3 Å². The number of carbonyl (C=O) groups is 2. The Bertz CT molecular complexity index is 204. The van der Waals surface area contributed by atoms with Crippen LogP contribution in [0, 0.1) is 0 Å². The molecule has 0 radical (unpaired) electrons. The van der Waals surface area contributed by atoms with Gasteiger partial charge in [0.05, 0.1) is 6.04 Å². The second-order valence-corrected chi connectivity index (χ2v) is 2.52. The van der Waals surface area contributed by atoms with Gasteiger partial charge in [-0.2, -0.15) is 0 Å². The molecule has 1 atom stereocenters. The molecular weight excluding hydrogens is 172 g/mol. The van der Waals surface area contributed by atoms with E-state index in [1.54, 1.807) is 0 Å². The summed E-state index contributed by atoms with van der Waals surface area (Å²) in [5.41, 5.74) is 10.2. The van der Waals surface area contributed by atoms with Crippen LogP contribution in [-0.4, -0.2) is 24.5 Å². The molecule has 0 bridgehead atoms. The summed E-state index contributed by atoms with van der Waals surface area (Å²) >= 11 is 0. The Labute approximate surface area is 76.7 Å². The molecule has 0 saturated heterocycles. The van der Waals surface area contributed by atoms with Crippen molar-refractivity contribution < 1.29 is 14.3 Å². The van der Waals surface area contributed by atoms with Gasteiger partial charge in [-0.15, -0.1) is 0 Å². The summed E-state index contributed by atoms with van der Waals surface area (Å²) in [6, 6.07) is -0.781. The first-order chi connectivity index (χ1) is 6.07. The maximum absolute atomic E-state index is 10.9. The number of rotatable bonds is 6. The van der Waals surface area contributed by atoms with Gasteiger partial charge in [0.15, 0.2) is 0 Å². The first-order valence-corrected chi connectivity index (χ1v) is 3.89. The van der Waals surface area contributed by atoms with Gasteiger partial charge in [-0.3, -0.25) is 9.59 Å². The van der Waals surface area contributed by atoms with Gasteiger partial charge in [-0.1, -0.05) is 12.7 Å². The van der Waals surface area contributed by atoms with Gasteiger partial charge >= 0.3 is 5.97 Å². The van der Waals surface area contributed by atoms with Crippen molar-refractivity contribution in [2.24, 2.45) is 11.5 Å². The van der Waals surface area contributed by atoms with Gasteiger partial charge in [0.1, 0.15) is 6.61 Å². The van der Waals surface area contributed by atoms with E-state index in [-0.39, 0.29) is 19.4 Å². The molecule has 74 valence electrons. The molecule has 4 N–H and O–H groups in total. The van der Waals surface area contributed by atoms with Crippen molar-refractivity contribution in [1.82, 2.24) is 0 Å². The lowest BCUT2D eigenvalue weighted by Crippen LogP contribution is -2.36. The Balaban J connectivity index is 3.57. The number of hydrogen-bond donors (Lipinski definition) is 2. The van der Waals surface area contributed by atoms with Crippen molar-refractivity contribution in [2.75, 3.05) is 6.61 Å². The summed E-state index contributed by atoms with van der Waals surface area (Å²) in [4.78, 5) is 21.3. The minimum atomic E-state index is -0.781. The lowest BCUT2D eigenvalue weighted by molar-refractivity contribution is -0.142. The van der Waals surface area contributed by atoms with E-state index in [1.165, 1.54) is 6.08 Å². The van der Waals surface area contributed by atoms with Crippen LogP contribution in [0.2, 0.25) is 0 Å². The fourth-order valence-corrected chi connectivity index (χ4v) is 0.640. The van der Waals surface area contributed by atoms with Gasteiger partial charge in [0, 0.05) is 6.42 Å². The van der Waals surface area contributed by atoms with E-state index < -0.39 is 17.9 Å². The zero-order valence-electron chi connectivity index (χ0n) is 7.36. The number of ether oxygens (including phenoxy) is 1. The largest absolute Gasteiger partial charge is 0.461 e. The van der Waals surface area contributed by atoms with Gasteiger partial charge < -0.3 is 16.2 Å². The second kappa shape index (κ2) is 6.19. The fraction of sp³-hybridized carbons (Fsp3) is 0.500. The topological polar surface area (TPSA) is 95.4 Å². The van der Waals surface area contributed by atoms with Crippen molar-refractivity contribution in [2.45, 2.75) is 18.9 Å². The normalized spacial score (nSPS) is 11.8. The molecule has 0 aromatic rings. The predicted octanol–water partition coefficient (Wildman–Crippen LogP) is -0.692. The number of esters is 1. The highest BCUT2D eigenvalue weighted by Gasteiger charge is 2.11. The SMILES string of the molecule is C=CCOC(=O)CC[C@H](N)C(N)=O. The zero-order valence-corrected chi connectivity index (χ0v) is 7.36. The molecule has 0 heterocycles. The Hall–Kier alpha value is -1.36. The second-order valence-electron chi connectivity index (χ2n) is 2.52. The van der Waals surface area contributed by atoms with Crippen LogP contribution in [0.4, 0.5) is 0 Å². The molecule has 0 aliphatic rings. The average Bonchev–Trinajstić information content (AvgIpc) is 2.10. The summed E-state index contributed by atoms with van der Waals surface area (Å²) in [5.74, 6) is -1.02. The molecule has 5 nitrogen and oxygen atoms in total. The number of hydrogen-bond acceptors (Lipinski definition) is 4. The van der Waals surface area contributed by atoms with Crippen LogP contribution in [0.5, 0.6) is 0 Å². The van der Waals surface area contributed by atoms with E-state index in [4.69, 9.17) is 11.5 Å². The predicted molar refractivity (Wildman–Crippen MR) is 47.6 cm³/mol. The zero-order chi connectivity index (χ0) is 10.3. The van der Waals surface area contributed by atoms with Crippen LogP contribution >= 0.6 is 0 Å². The monoisotopic (exact) mass is 186 g/mol. The van der Waals surface area contributed by atoms with Crippen molar-refractivity contribution in [3.8, 4) is 0 Å². The highest BCUT2D eigenvalue weighted by Crippen LogP contribution is 1.96. The van der Waals surface area contributed by atoms with Crippen LogP contribution in [-0.2, 0) is 14.3 Å². The Morgan fingerprint density at radius 3 is 2.62 bits per heavy atom.